The molecule has 0 saturated carbocycles. The topological polar surface area (TPSA) is 50.8 Å². The van der Waals surface area contributed by atoms with Crippen LogP contribution in [0.1, 0.15) is 23.2 Å². The third kappa shape index (κ3) is 3.47. The molecular weight excluding hydrogens is 268 g/mol. The van der Waals surface area contributed by atoms with Gasteiger partial charge in [-0.2, -0.15) is 0 Å². The van der Waals surface area contributed by atoms with Gasteiger partial charge in [0.15, 0.2) is 11.5 Å². The van der Waals surface area contributed by atoms with E-state index in [1.165, 1.54) is 6.42 Å². The second-order valence-corrected chi connectivity index (χ2v) is 5.36. The number of hydrogen-bond donors (Lipinski definition) is 1. The molecule has 1 unspecified atom stereocenters. The summed E-state index contributed by atoms with van der Waals surface area (Å²) in [7, 11) is 5.09. The molecule has 5 nitrogen and oxygen atoms in total. The van der Waals surface area contributed by atoms with Crippen LogP contribution in [0.15, 0.2) is 18.2 Å². The largest absolute Gasteiger partial charge is 0.493 e. The summed E-state index contributed by atoms with van der Waals surface area (Å²) in [4.78, 5) is 14.7. The number of amides is 1. The molecule has 116 valence electrons. The summed E-state index contributed by atoms with van der Waals surface area (Å²) in [6.07, 6.45) is 2.21. The predicted molar refractivity (Wildman–Crippen MR) is 82.1 cm³/mol. The first kappa shape index (κ1) is 15.6. The Hall–Kier alpha value is -1.75. The first-order valence-corrected chi connectivity index (χ1v) is 7.36. The number of piperidine rings is 1. The molecule has 1 aliphatic rings. The molecule has 1 amide bonds. The molecule has 2 rings (SSSR count). The zero-order chi connectivity index (χ0) is 15.2. The maximum atomic E-state index is 12.8. The van der Waals surface area contributed by atoms with Crippen LogP contribution in [-0.4, -0.2) is 51.7 Å². The third-order valence-corrected chi connectivity index (χ3v) is 3.93. The van der Waals surface area contributed by atoms with Gasteiger partial charge >= 0.3 is 0 Å². The van der Waals surface area contributed by atoms with Crippen LogP contribution in [0.5, 0.6) is 11.5 Å². The minimum absolute atomic E-state index is 0.0200. The van der Waals surface area contributed by atoms with Crippen molar-refractivity contribution in [3.8, 4) is 11.5 Å². The van der Waals surface area contributed by atoms with E-state index in [1.54, 1.807) is 26.4 Å². The number of benzene rings is 1. The average molecular weight is 292 g/mol. The number of likely N-dealkylation sites (tertiary alicyclic amines) is 1. The van der Waals surface area contributed by atoms with Crippen molar-refractivity contribution < 1.29 is 14.3 Å². The van der Waals surface area contributed by atoms with Gasteiger partial charge in [0.1, 0.15) is 0 Å². The molecule has 1 aromatic carbocycles. The van der Waals surface area contributed by atoms with E-state index in [1.807, 2.05) is 18.0 Å². The SMILES string of the molecule is CNCC1CCCN(C(=O)c2cccc(OC)c2OC)C1. The van der Waals surface area contributed by atoms with Gasteiger partial charge < -0.3 is 19.7 Å². The van der Waals surface area contributed by atoms with Gasteiger partial charge in [-0.3, -0.25) is 4.79 Å². The molecule has 1 fully saturated rings. The normalized spacial score (nSPS) is 18.4. The summed E-state index contributed by atoms with van der Waals surface area (Å²) in [5.41, 5.74) is 0.571. The van der Waals surface area contributed by atoms with Gasteiger partial charge in [0.2, 0.25) is 0 Å². The Labute approximate surface area is 126 Å². The van der Waals surface area contributed by atoms with Crippen LogP contribution in [0.25, 0.3) is 0 Å². The molecule has 1 heterocycles. The van der Waals surface area contributed by atoms with Crippen LogP contribution in [0.3, 0.4) is 0 Å². The van der Waals surface area contributed by atoms with Crippen molar-refractivity contribution in [3.63, 3.8) is 0 Å². The van der Waals surface area contributed by atoms with Crippen molar-refractivity contribution in [2.75, 3.05) is 40.9 Å². The number of ether oxygens (including phenoxy) is 2. The van der Waals surface area contributed by atoms with Crippen LogP contribution in [0.4, 0.5) is 0 Å². The van der Waals surface area contributed by atoms with Crippen molar-refractivity contribution in [2.24, 2.45) is 5.92 Å². The average Bonchev–Trinajstić information content (AvgIpc) is 2.53. The molecule has 1 aromatic rings. The molecule has 0 aromatic heterocycles. The van der Waals surface area contributed by atoms with E-state index < -0.39 is 0 Å². The fourth-order valence-corrected chi connectivity index (χ4v) is 2.93. The van der Waals surface area contributed by atoms with Gasteiger partial charge in [0.25, 0.3) is 5.91 Å². The van der Waals surface area contributed by atoms with Crippen LogP contribution >= 0.6 is 0 Å². The molecular formula is C16H24N2O3. The molecule has 21 heavy (non-hydrogen) atoms. The van der Waals surface area contributed by atoms with Gasteiger partial charge in [0.05, 0.1) is 19.8 Å². The van der Waals surface area contributed by atoms with Gasteiger partial charge in [-0.15, -0.1) is 0 Å². The molecule has 1 aliphatic heterocycles. The fourth-order valence-electron chi connectivity index (χ4n) is 2.93. The first-order chi connectivity index (χ1) is 10.2. The molecule has 1 atom stereocenters. The van der Waals surface area contributed by atoms with E-state index in [9.17, 15) is 4.79 Å². The monoisotopic (exact) mass is 292 g/mol. The number of nitrogens with one attached hydrogen (secondary N) is 1. The van der Waals surface area contributed by atoms with E-state index in [-0.39, 0.29) is 5.91 Å². The quantitative estimate of drug-likeness (QED) is 0.899. The Bertz CT molecular complexity index is 488. The summed E-state index contributed by atoms with van der Waals surface area (Å²) in [5.74, 6) is 1.64. The Balaban J connectivity index is 2.19. The maximum absolute atomic E-state index is 12.8. The highest BCUT2D eigenvalue weighted by Gasteiger charge is 2.26. The number of methoxy groups -OCH3 is 2. The summed E-state index contributed by atoms with van der Waals surface area (Å²) < 4.78 is 10.6. The third-order valence-electron chi connectivity index (χ3n) is 3.93. The van der Waals surface area contributed by atoms with E-state index in [2.05, 4.69) is 5.32 Å². The molecule has 0 bridgehead atoms. The highest BCUT2D eigenvalue weighted by atomic mass is 16.5. The Kier molecular flexibility index (Phi) is 5.44. The highest BCUT2D eigenvalue weighted by Crippen LogP contribution is 2.32. The van der Waals surface area contributed by atoms with Crippen LogP contribution in [-0.2, 0) is 0 Å². The summed E-state index contributed by atoms with van der Waals surface area (Å²) in [5, 5.41) is 3.19. The van der Waals surface area contributed by atoms with Gasteiger partial charge in [-0.05, 0) is 44.5 Å². The van der Waals surface area contributed by atoms with Crippen LogP contribution in [0, 0.1) is 5.92 Å². The van der Waals surface area contributed by atoms with E-state index >= 15 is 0 Å². The number of rotatable bonds is 5. The lowest BCUT2D eigenvalue weighted by molar-refractivity contribution is 0.0670. The van der Waals surface area contributed by atoms with Gasteiger partial charge in [-0.1, -0.05) is 6.07 Å². The van der Waals surface area contributed by atoms with Crippen molar-refractivity contribution in [3.05, 3.63) is 23.8 Å². The molecule has 1 saturated heterocycles. The Morgan fingerprint density at radius 3 is 2.86 bits per heavy atom. The number of hydrogen-bond acceptors (Lipinski definition) is 4. The lowest BCUT2D eigenvalue weighted by Gasteiger charge is -2.33. The number of nitrogens with zero attached hydrogens (tertiary/aromatic N) is 1. The molecule has 0 radical (unpaired) electrons. The Morgan fingerprint density at radius 1 is 1.38 bits per heavy atom. The molecule has 5 heteroatoms. The highest BCUT2D eigenvalue weighted by molar-refractivity contribution is 5.97. The second kappa shape index (κ2) is 7.31. The molecule has 1 N–H and O–H groups in total. The van der Waals surface area contributed by atoms with Crippen molar-refractivity contribution >= 4 is 5.91 Å². The fraction of sp³-hybridized carbons (Fsp3) is 0.562. The second-order valence-electron chi connectivity index (χ2n) is 5.36. The number of carbonyl (C=O) groups excluding carboxylic acids is 1. The predicted octanol–water partition coefficient (Wildman–Crippen LogP) is 1.78. The maximum Gasteiger partial charge on any atom is 0.257 e. The molecule has 0 aliphatic carbocycles. The van der Waals surface area contributed by atoms with Crippen LogP contribution in [0.2, 0.25) is 0 Å². The Morgan fingerprint density at radius 2 is 2.19 bits per heavy atom. The van der Waals surface area contributed by atoms with Crippen molar-refractivity contribution in [2.45, 2.75) is 12.8 Å². The summed E-state index contributed by atoms with van der Waals surface area (Å²) >= 11 is 0. The number of carbonyl (C=O) groups is 1. The minimum Gasteiger partial charge on any atom is -0.493 e. The minimum atomic E-state index is 0.0200. The lowest BCUT2D eigenvalue weighted by Crippen LogP contribution is -2.42. The smallest absolute Gasteiger partial charge is 0.257 e. The first-order valence-electron chi connectivity index (χ1n) is 7.36. The van der Waals surface area contributed by atoms with Crippen molar-refractivity contribution in [1.82, 2.24) is 10.2 Å². The van der Waals surface area contributed by atoms with Crippen LogP contribution < -0.4 is 14.8 Å². The zero-order valence-electron chi connectivity index (χ0n) is 13.0. The van der Waals surface area contributed by atoms with E-state index in [4.69, 9.17) is 9.47 Å². The summed E-state index contributed by atoms with van der Waals surface area (Å²) in [6.45, 7) is 2.54. The zero-order valence-corrected chi connectivity index (χ0v) is 13.0. The van der Waals surface area contributed by atoms with Gasteiger partial charge in [-0.25, -0.2) is 0 Å². The molecule has 0 spiro atoms. The van der Waals surface area contributed by atoms with Crippen molar-refractivity contribution in [1.29, 1.82) is 0 Å². The van der Waals surface area contributed by atoms with E-state index in [0.29, 0.717) is 23.0 Å². The number of para-hydroxylation sites is 1. The lowest BCUT2D eigenvalue weighted by atomic mass is 9.97. The standard InChI is InChI=1S/C16H24N2O3/c1-17-10-12-6-5-9-18(11-12)16(19)13-7-4-8-14(20-2)15(13)21-3/h4,7-8,12,17H,5-6,9-11H2,1-3H3. The summed E-state index contributed by atoms with van der Waals surface area (Å²) in [6, 6.07) is 5.42. The van der Waals surface area contributed by atoms with E-state index in [0.717, 1.165) is 26.1 Å². The van der Waals surface area contributed by atoms with Gasteiger partial charge in [0, 0.05) is 13.1 Å².